The summed E-state index contributed by atoms with van der Waals surface area (Å²) >= 11 is 1.88. The molecule has 0 amide bonds. The number of nitrogens with zero attached hydrogens (tertiary/aromatic N) is 2. The Hall–Kier alpha value is -5.25. The first-order valence-corrected chi connectivity index (χ1v) is 15.0. The molecule has 42 heavy (non-hydrogen) atoms. The lowest BCUT2D eigenvalue weighted by Crippen LogP contribution is -1.92. The van der Waals surface area contributed by atoms with E-state index in [-0.39, 0.29) is 0 Å². The predicted molar refractivity (Wildman–Crippen MR) is 179 cm³/mol. The zero-order valence-corrected chi connectivity index (χ0v) is 23.5. The van der Waals surface area contributed by atoms with Crippen molar-refractivity contribution in [3.05, 3.63) is 146 Å². The summed E-state index contributed by atoms with van der Waals surface area (Å²) in [5.74, 6) is 0. The Kier molecular flexibility index (Phi) is 5.10. The maximum absolute atomic E-state index is 4.65. The van der Waals surface area contributed by atoms with E-state index in [1.54, 1.807) is 0 Å². The molecule has 0 saturated heterocycles. The van der Waals surface area contributed by atoms with E-state index in [4.69, 9.17) is 0 Å². The van der Waals surface area contributed by atoms with Crippen LogP contribution in [-0.4, -0.2) is 9.38 Å². The van der Waals surface area contributed by atoms with E-state index < -0.39 is 0 Å². The van der Waals surface area contributed by atoms with Gasteiger partial charge in [0, 0.05) is 43.3 Å². The fraction of sp³-hybridized carbons (Fsp3) is 0. The number of hydrogen-bond donors (Lipinski definition) is 0. The number of pyridine rings is 1. The monoisotopic (exact) mass is 552 g/mol. The molecule has 0 bridgehead atoms. The molecule has 196 valence electrons. The normalized spacial score (nSPS) is 11.8. The lowest BCUT2D eigenvalue weighted by Gasteiger charge is -2.14. The highest BCUT2D eigenvalue weighted by molar-refractivity contribution is 7.26. The van der Waals surface area contributed by atoms with Crippen molar-refractivity contribution in [3.63, 3.8) is 0 Å². The largest absolute Gasteiger partial charge is 0.299 e. The number of benzene rings is 6. The topological polar surface area (TPSA) is 17.3 Å². The van der Waals surface area contributed by atoms with Crippen molar-refractivity contribution < 1.29 is 0 Å². The van der Waals surface area contributed by atoms with Crippen LogP contribution in [-0.2, 0) is 0 Å². The molecule has 3 heteroatoms. The van der Waals surface area contributed by atoms with Gasteiger partial charge in [0.25, 0.3) is 0 Å². The van der Waals surface area contributed by atoms with Gasteiger partial charge >= 0.3 is 0 Å². The molecule has 0 aliphatic heterocycles. The Morgan fingerprint density at radius 3 is 1.93 bits per heavy atom. The zero-order chi connectivity index (χ0) is 27.6. The van der Waals surface area contributed by atoms with Crippen LogP contribution >= 0.6 is 11.3 Å². The van der Waals surface area contributed by atoms with E-state index in [0.29, 0.717) is 0 Å². The number of thiophene rings is 1. The van der Waals surface area contributed by atoms with Crippen molar-refractivity contribution in [1.82, 2.24) is 9.38 Å². The molecule has 3 aromatic heterocycles. The minimum atomic E-state index is 0.998. The highest BCUT2D eigenvalue weighted by Gasteiger charge is 2.14. The Morgan fingerprint density at radius 1 is 0.476 bits per heavy atom. The maximum atomic E-state index is 4.65. The minimum absolute atomic E-state index is 0.998. The zero-order valence-electron chi connectivity index (χ0n) is 22.7. The second kappa shape index (κ2) is 9.13. The van der Waals surface area contributed by atoms with Crippen LogP contribution in [0.15, 0.2) is 146 Å². The highest BCUT2D eigenvalue weighted by atomic mass is 32.1. The number of rotatable bonds is 3. The van der Waals surface area contributed by atoms with Gasteiger partial charge in [-0.1, -0.05) is 115 Å². The number of fused-ring (bicyclic) bond motifs is 9. The molecule has 0 radical (unpaired) electrons. The number of aromatic nitrogens is 2. The lowest BCUT2D eigenvalue weighted by atomic mass is 9.92. The van der Waals surface area contributed by atoms with Gasteiger partial charge in [-0.2, -0.15) is 0 Å². The van der Waals surface area contributed by atoms with E-state index >= 15 is 0 Å². The molecule has 9 rings (SSSR count). The number of hydrogen-bond acceptors (Lipinski definition) is 2. The first-order chi connectivity index (χ1) is 20.8. The van der Waals surface area contributed by atoms with Crippen molar-refractivity contribution in [1.29, 1.82) is 0 Å². The van der Waals surface area contributed by atoms with Crippen LogP contribution in [0.1, 0.15) is 0 Å². The first-order valence-electron chi connectivity index (χ1n) is 14.2. The van der Waals surface area contributed by atoms with E-state index in [2.05, 4.69) is 149 Å². The molecule has 0 saturated carbocycles. The van der Waals surface area contributed by atoms with Crippen LogP contribution in [0.4, 0.5) is 0 Å². The lowest BCUT2D eigenvalue weighted by molar-refractivity contribution is 1.27. The molecule has 0 aliphatic rings. The third-order valence-electron chi connectivity index (χ3n) is 8.50. The minimum Gasteiger partial charge on any atom is -0.299 e. The van der Waals surface area contributed by atoms with Crippen molar-refractivity contribution in [2.24, 2.45) is 0 Å². The van der Waals surface area contributed by atoms with E-state index in [9.17, 15) is 0 Å². The quantitative estimate of drug-likeness (QED) is 0.199. The summed E-state index contributed by atoms with van der Waals surface area (Å²) in [6.45, 7) is 0. The summed E-state index contributed by atoms with van der Waals surface area (Å²) in [6.07, 6.45) is 3.94. The third-order valence-corrected chi connectivity index (χ3v) is 9.72. The van der Waals surface area contributed by atoms with Crippen LogP contribution in [0.25, 0.3) is 80.9 Å². The third kappa shape index (κ3) is 3.47. The Bertz CT molecular complexity index is 2460. The van der Waals surface area contributed by atoms with Gasteiger partial charge in [0.1, 0.15) is 5.65 Å². The Labute approximate surface area is 246 Å². The molecule has 9 aromatic rings. The smallest absolute Gasteiger partial charge is 0.145 e. The summed E-state index contributed by atoms with van der Waals surface area (Å²) in [6, 6.07) is 48.6. The van der Waals surface area contributed by atoms with Crippen LogP contribution < -0.4 is 0 Å². The molecule has 0 atom stereocenters. The molecular weight excluding hydrogens is 529 g/mol. The van der Waals surface area contributed by atoms with E-state index in [0.717, 1.165) is 5.65 Å². The molecule has 6 aromatic carbocycles. The van der Waals surface area contributed by atoms with Gasteiger partial charge in [0.15, 0.2) is 0 Å². The summed E-state index contributed by atoms with van der Waals surface area (Å²) in [5, 5.41) is 6.30. The van der Waals surface area contributed by atoms with Crippen molar-refractivity contribution in [2.75, 3.05) is 0 Å². The highest BCUT2D eigenvalue weighted by Crippen LogP contribution is 2.41. The van der Waals surface area contributed by atoms with Gasteiger partial charge in [-0.15, -0.1) is 11.3 Å². The fourth-order valence-electron chi connectivity index (χ4n) is 6.53. The van der Waals surface area contributed by atoms with Crippen LogP contribution in [0.2, 0.25) is 0 Å². The Morgan fingerprint density at radius 2 is 1.10 bits per heavy atom. The molecule has 3 heterocycles. The molecular formula is C39H24N2S. The SMILES string of the molecule is c1ccc(-c2ccc3c(c2)c2ccccc2c2nccn32)c(-c2ccc(-c3cccc4c3sc3ccccc34)cc2)c1. The number of imidazole rings is 1. The van der Waals surface area contributed by atoms with Crippen molar-refractivity contribution in [3.8, 4) is 33.4 Å². The summed E-state index contributed by atoms with van der Waals surface area (Å²) in [7, 11) is 0. The first kappa shape index (κ1) is 23.5. The van der Waals surface area contributed by atoms with Gasteiger partial charge in [-0.3, -0.25) is 4.40 Å². The molecule has 0 unspecified atom stereocenters. The summed E-state index contributed by atoms with van der Waals surface area (Å²) in [4.78, 5) is 4.65. The van der Waals surface area contributed by atoms with E-state index in [1.165, 1.54) is 75.2 Å². The second-order valence-electron chi connectivity index (χ2n) is 10.8. The van der Waals surface area contributed by atoms with E-state index in [1.807, 2.05) is 17.5 Å². The van der Waals surface area contributed by atoms with Gasteiger partial charge in [-0.25, -0.2) is 4.98 Å². The predicted octanol–water partition coefficient (Wildman–Crippen LogP) is 11.0. The molecule has 0 spiro atoms. The van der Waals surface area contributed by atoms with Gasteiger partial charge in [0.2, 0.25) is 0 Å². The molecule has 0 N–H and O–H groups in total. The summed E-state index contributed by atoms with van der Waals surface area (Å²) < 4.78 is 4.88. The second-order valence-corrected chi connectivity index (χ2v) is 11.9. The fourth-order valence-corrected chi connectivity index (χ4v) is 7.77. The molecule has 0 aliphatic carbocycles. The maximum Gasteiger partial charge on any atom is 0.145 e. The van der Waals surface area contributed by atoms with Crippen molar-refractivity contribution >= 4 is 58.8 Å². The average Bonchev–Trinajstić information content (AvgIpc) is 3.71. The summed E-state index contributed by atoms with van der Waals surface area (Å²) in [5.41, 5.74) is 9.59. The van der Waals surface area contributed by atoms with Crippen LogP contribution in [0.3, 0.4) is 0 Å². The van der Waals surface area contributed by atoms with Gasteiger partial charge < -0.3 is 0 Å². The van der Waals surface area contributed by atoms with Gasteiger partial charge in [-0.05, 0) is 57.0 Å². The van der Waals surface area contributed by atoms with Crippen LogP contribution in [0.5, 0.6) is 0 Å². The van der Waals surface area contributed by atoms with Crippen molar-refractivity contribution in [2.45, 2.75) is 0 Å². The standard InChI is InChI=1S/C39H24N2S/c1-2-9-29(27-20-21-36-35(24-27)31-10-3-4-12-34(31)39-40-22-23-41(36)39)28(8-1)25-16-18-26(19-17-25)30-13-7-14-33-32-11-5-6-15-37(32)42-38(30)33/h1-24H. The Balaban J connectivity index is 1.17. The van der Waals surface area contributed by atoms with Gasteiger partial charge in [0.05, 0.1) is 5.52 Å². The molecule has 0 fully saturated rings. The van der Waals surface area contributed by atoms with Crippen LogP contribution in [0, 0.1) is 0 Å². The average molecular weight is 553 g/mol. The molecule has 2 nitrogen and oxygen atoms in total.